The van der Waals surface area contributed by atoms with Gasteiger partial charge < -0.3 is 23.7 Å². The Labute approximate surface area is 225 Å². The molecular weight excluding hydrogens is 480 g/mol. The number of rotatable bonds is 7. The third-order valence-corrected chi connectivity index (χ3v) is 8.29. The SMILES string of the molecule is COc1ccc(CN(C)c2ncnc3c2ccn3[C@@H]2C[C@H](CN3CCCN(C)C3)[C@H]3OC(C)(C)O[C@H]32)cc1. The highest BCUT2D eigenvalue weighted by Gasteiger charge is 2.55. The lowest BCUT2D eigenvalue weighted by Crippen LogP contribution is -2.46. The minimum absolute atomic E-state index is 0.00330. The number of ether oxygens (including phenoxy) is 3. The van der Waals surface area contributed by atoms with Crippen LogP contribution in [0.4, 0.5) is 5.82 Å². The molecular formula is C29H40N6O3. The van der Waals surface area contributed by atoms with E-state index in [1.54, 1.807) is 13.4 Å². The van der Waals surface area contributed by atoms with Crippen molar-refractivity contribution in [2.45, 2.75) is 57.3 Å². The van der Waals surface area contributed by atoms with Crippen molar-refractivity contribution in [2.75, 3.05) is 52.4 Å². The lowest BCUT2D eigenvalue weighted by molar-refractivity contribution is -0.161. The zero-order valence-electron chi connectivity index (χ0n) is 23.2. The van der Waals surface area contributed by atoms with Crippen LogP contribution in [0.5, 0.6) is 5.75 Å². The van der Waals surface area contributed by atoms with Crippen molar-refractivity contribution in [3.05, 3.63) is 48.4 Å². The van der Waals surface area contributed by atoms with Gasteiger partial charge in [0, 0.05) is 45.3 Å². The molecule has 0 N–H and O–H groups in total. The van der Waals surface area contributed by atoms with E-state index in [9.17, 15) is 0 Å². The van der Waals surface area contributed by atoms with E-state index in [0.717, 1.165) is 55.3 Å². The van der Waals surface area contributed by atoms with Crippen LogP contribution in [0.1, 0.15) is 38.3 Å². The first-order valence-corrected chi connectivity index (χ1v) is 13.7. The molecule has 0 radical (unpaired) electrons. The molecule has 38 heavy (non-hydrogen) atoms. The Morgan fingerprint density at radius 3 is 2.63 bits per heavy atom. The standard InChI is InChI=1S/C29H40N6O3/c1-29(2)37-25-21(17-34-13-6-12-32(3)19-34)15-24(26(25)38-29)35-14-11-23-27(30-18-31-28(23)35)33(4)16-20-7-9-22(36-5)10-8-20/h7-11,14,18,21,24-26H,6,12-13,15-17,19H2,1-5H3/t21-,24-,25-,26+/m1/s1. The van der Waals surface area contributed by atoms with Crippen molar-refractivity contribution in [1.82, 2.24) is 24.3 Å². The van der Waals surface area contributed by atoms with E-state index in [2.05, 4.69) is 62.7 Å². The van der Waals surface area contributed by atoms with Crippen LogP contribution >= 0.6 is 0 Å². The smallest absolute Gasteiger partial charge is 0.163 e. The molecule has 9 heteroatoms. The average molecular weight is 521 g/mol. The van der Waals surface area contributed by atoms with Gasteiger partial charge in [0.05, 0.1) is 31.3 Å². The lowest BCUT2D eigenvalue weighted by Gasteiger charge is -2.35. The predicted octanol–water partition coefficient (Wildman–Crippen LogP) is 3.75. The van der Waals surface area contributed by atoms with Crippen LogP contribution in [0.3, 0.4) is 0 Å². The van der Waals surface area contributed by atoms with E-state index in [1.807, 2.05) is 26.0 Å². The maximum Gasteiger partial charge on any atom is 0.163 e. The van der Waals surface area contributed by atoms with E-state index < -0.39 is 5.79 Å². The molecule has 2 aliphatic heterocycles. The van der Waals surface area contributed by atoms with E-state index in [1.165, 1.54) is 18.5 Å². The first kappa shape index (κ1) is 25.6. The number of anilines is 1. The van der Waals surface area contributed by atoms with E-state index in [-0.39, 0.29) is 18.2 Å². The molecule has 204 valence electrons. The third-order valence-electron chi connectivity index (χ3n) is 8.29. The number of benzene rings is 1. The molecule has 3 aliphatic rings. The predicted molar refractivity (Wildman–Crippen MR) is 147 cm³/mol. The van der Waals surface area contributed by atoms with Crippen LogP contribution in [-0.4, -0.2) is 89.8 Å². The van der Waals surface area contributed by atoms with Gasteiger partial charge in [-0.3, -0.25) is 9.80 Å². The maximum absolute atomic E-state index is 6.54. The van der Waals surface area contributed by atoms with Crippen molar-refractivity contribution < 1.29 is 14.2 Å². The molecule has 2 saturated heterocycles. The molecule has 3 aromatic rings. The van der Waals surface area contributed by atoms with Gasteiger partial charge in [-0.05, 0) is 57.5 Å². The summed E-state index contributed by atoms with van der Waals surface area (Å²) in [5, 5.41) is 1.05. The van der Waals surface area contributed by atoms with Gasteiger partial charge in [-0.15, -0.1) is 0 Å². The van der Waals surface area contributed by atoms with Crippen LogP contribution in [0.15, 0.2) is 42.9 Å². The summed E-state index contributed by atoms with van der Waals surface area (Å²) in [5.41, 5.74) is 2.15. The molecule has 4 atom stereocenters. The molecule has 0 bridgehead atoms. The number of hydrogen-bond acceptors (Lipinski definition) is 8. The largest absolute Gasteiger partial charge is 0.497 e. The highest BCUT2D eigenvalue weighted by molar-refractivity contribution is 5.87. The molecule has 1 saturated carbocycles. The van der Waals surface area contributed by atoms with Crippen molar-refractivity contribution in [2.24, 2.45) is 5.92 Å². The summed E-state index contributed by atoms with van der Waals surface area (Å²) in [4.78, 5) is 16.6. The third kappa shape index (κ3) is 4.88. The summed E-state index contributed by atoms with van der Waals surface area (Å²) in [6.45, 7) is 9.20. The Hall–Kier alpha value is -2.72. The fourth-order valence-electron chi connectivity index (χ4n) is 6.64. The number of methoxy groups -OCH3 is 1. The average Bonchev–Trinajstić information content (AvgIpc) is 3.55. The molecule has 0 amide bonds. The van der Waals surface area contributed by atoms with Gasteiger partial charge in [-0.2, -0.15) is 0 Å². The van der Waals surface area contributed by atoms with Gasteiger partial charge in [0.2, 0.25) is 0 Å². The zero-order chi connectivity index (χ0) is 26.4. The first-order chi connectivity index (χ1) is 18.3. The van der Waals surface area contributed by atoms with Crippen LogP contribution in [0, 0.1) is 5.92 Å². The number of aromatic nitrogens is 3. The van der Waals surface area contributed by atoms with Gasteiger partial charge in [-0.25, -0.2) is 9.97 Å². The van der Waals surface area contributed by atoms with Crippen molar-refractivity contribution in [3.63, 3.8) is 0 Å². The second-order valence-electron chi connectivity index (χ2n) is 11.6. The van der Waals surface area contributed by atoms with Crippen molar-refractivity contribution >= 4 is 16.9 Å². The summed E-state index contributed by atoms with van der Waals surface area (Å²) in [6, 6.07) is 10.5. The molecule has 0 unspecified atom stereocenters. The maximum atomic E-state index is 6.54. The van der Waals surface area contributed by atoms with Crippen LogP contribution in [-0.2, 0) is 16.0 Å². The molecule has 9 nitrogen and oxygen atoms in total. The fraction of sp³-hybridized carbons (Fsp3) is 0.586. The second kappa shape index (κ2) is 10.1. The van der Waals surface area contributed by atoms with Gasteiger partial charge in [0.1, 0.15) is 29.6 Å². The molecule has 6 rings (SSSR count). The van der Waals surface area contributed by atoms with Gasteiger partial charge in [0.25, 0.3) is 0 Å². The van der Waals surface area contributed by atoms with Gasteiger partial charge in [0.15, 0.2) is 5.79 Å². The van der Waals surface area contributed by atoms with Crippen LogP contribution in [0.25, 0.3) is 11.0 Å². The number of fused-ring (bicyclic) bond motifs is 2. The zero-order valence-corrected chi connectivity index (χ0v) is 23.2. The Morgan fingerprint density at radius 2 is 1.87 bits per heavy atom. The Kier molecular flexibility index (Phi) is 6.80. The summed E-state index contributed by atoms with van der Waals surface area (Å²) >= 11 is 0. The topological polar surface area (TPSA) is 68.1 Å². The first-order valence-electron chi connectivity index (χ1n) is 13.7. The van der Waals surface area contributed by atoms with Gasteiger partial charge in [-0.1, -0.05) is 12.1 Å². The van der Waals surface area contributed by atoms with E-state index in [0.29, 0.717) is 5.92 Å². The summed E-state index contributed by atoms with van der Waals surface area (Å²) in [7, 11) is 5.98. The van der Waals surface area contributed by atoms with Crippen molar-refractivity contribution in [3.8, 4) is 5.75 Å². The Bertz CT molecular complexity index is 1260. The van der Waals surface area contributed by atoms with E-state index in [4.69, 9.17) is 19.2 Å². The molecule has 1 aliphatic carbocycles. The fourth-order valence-corrected chi connectivity index (χ4v) is 6.64. The minimum Gasteiger partial charge on any atom is -0.497 e. The molecule has 2 aromatic heterocycles. The van der Waals surface area contributed by atoms with Crippen LogP contribution in [0.2, 0.25) is 0 Å². The quantitative estimate of drug-likeness (QED) is 0.467. The highest BCUT2D eigenvalue weighted by atomic mass is 16.8. The summed E-state index contributed by atoms with van der Waals surface area (Å²) in [6.07, 6.45) is 6.16. The van der Waals surface area contributed by atoms with Crippen LogP contribution < -0.4 is 9.64 Å². The van der Waals surface area contributed by atoms with Gasteiger partial charge >= 0.3 is 0 Å². The Morgan fingerprint density at radius 1 is 1.08 bits per heavy atom. The number of hydrogen-bond donors (Lipinski definition) is 0. The summed E-state index contributed by atoms with van der Waals surface area (Å²) in [5.74, 6) is 1.62. The number of nitrogens with zero attached hydrogens (tertiary/aromatic N) is 6. The highest BCUT2D eigenvalue weighted by Crippen LogP contribution is 2.48. The lowest BCUT2D eigenvalue weighted by atomic mass is 10.0. The van der Waals surface area contributed by atoms with E-state index >= 15 is 0 Å². The van der Waals surface area contributed by atoms with Crippen molar-refractivity contribution in [1.29, 1.82) is 0 Å². The minimum atomic E-state index is -0.577. The molecule has 1 aromatic carbocycles. The Balaban J connectivity index is 1.26. The summed E-state index contributed by atoms with van der Waals surface area (Å²) < 4.78 is 20.7. The molecule has 3 fully saturated rings. The second-order valence-corrected chi connectivity index (χ2v) is 11.6. The normalized spacial score (nSPS) is 27.6. The molecule has 4 heterocycles. The monoisotopic (exact) mass is 520 g/mol. The molecule has 0 spiro atoms.